The fourth-order valence-electron chi connectivity index (χ4n) is 1.26. The molecule has 0 bridgehead atoms. The molecule has 1 aromatic heterocycles. The van der Waals surface area contributed by atoms with Gasteiger partial charge in [-0.3, -0.25) is 0 Å². The van der Waals surface area contributed by atoms with Gasteiger partial charge in [0, 0.05) is 18.0 Å². The maximum Gasteiger partial charge on any atom is 0.200 e. The summed E-state index contributed by atoms with van der Waals surface area (Å²) in [6.07, 6.45) is 2.01. The van der Waals surface area contributed by atoms with Crippen molar-refractivity contribution in [1.82, 2.24) is 9.55 Å². The summed E-state index contributed by atoms with van der Waals surface area (Å²) in [5.74, 6) is 2.87. The average molecular weight is 199 g/mol. The van der Waals surface area contributed by atoms with Gasteiger partial charge < -0.3 is 10.3 Å². The van der Waals surface area contributed by atoms with Crippen LogP contribution in [-0.4, -0.2) is 21.1 Å². The second-order valence-electron chi connectivity index (χ2n) is 3.16. The summed E-state index contributed by atoms with van der Waals surface area (Å²) < 4.78 is 2.04. The second kappa shape index (κ2) is 4.56. The van der Waals surface area contributed by atoms with E-state index in [4.69, 9.17) is 5.73 Å². The number of nitrogen functional groups attached to an aromatic ring is 1. The van der Waals surface area contributed by atoms with Crippen LogP contribution in [0.25, 0.3) is 0 Å². The smallest absolute Gasteiger partial charge is 0.200 e. The number of thioether (sulfide) groups is 1. The molecule has 0 radical (unpaired) electrons. The fraction of sp³-hybridized carbons (Fsp3) is 0.667. The number of hydrogen-bond acceptors (Lipinski definition) is 3. The molecule has 0 aliphatic heterocycles. The summed E-state index contributed by atoms with van der Waals surface area (Å²) in [5, 5.41) is 0. The van der Waals surface area contributed by atoms with Crippen LogP contribution in [0.2, 0.25) is 0 Å². The van der Waals surface area contributed by atoms with Gasteiger partial charge in [0.1, 0.15) is 0 Å². The first kappa shape index (κ1) is 10.4. The van der Waals surface area contributed by atoms with Gasteiger partial charge in [-0.05, 0) is 19.6 Å². The molecule has 2 N–H and O–H groups in total. The molecule has 1 rings (SSSR count). The van der Waals surface area contributed by atoms with E-state index in [1.54, 1.807) is 0 Å². The van der Waals surface area contributed by atoms with Crippen LogP contribution >= 0.6 is 11.8 Å². The van der Waals surface area contributed by atoms with E-state index in [0.717, 1.165) is 17.2 Å². The molecule has 1 heterocycles. The molecule has 0 saturated carbocycles. The Kier molecular flexibility index (Phi) is 3.66. The van der Waals surface area contributed by atoms with Crippen LogP contribution in [0.3, 0.4) is 0 Å². The maximum absolute atomic E-state index is 5.76. The summed E-state index contributed by atoms with van der Waals surface area (Å²) in [5.41, 5.74) is 6.75. The highest BCUT2D eigenvalue weighted by molar-refractivity contribution is 7.99. The lowest BCUT2D eigenvalue weighted by Crippen LogP contribution is -2.10. The largest absolute Gasteiger partial charge is 0.369 e. The quantitative estimate of drug-likeness (QED) is 0.807. The Balaban J connectivity index is 2.64. The molecular formula is C9H17N3S. The summed E-state index contributed by atoms with van der Waals surface area (Å²) >= 11 is 1.92. The zero-order chi connectivity index (χ0) is 9.84. The van der Waals surface area contributed by atoms with Crippen LogP contribution < -0.4 is 5.73 Å². The summed E-state index contributed by atoms with van der Waals surface area (Å²) in [6, 6.07) is 0.436. The van der Waals surface area contributed by atoms with Crippen molar-refractivity contribution < 1.29 is 0 Å². The first-order valence-corrected chi connectivity index (χ1v) is 5.69. The van der Waals surface area contributed by atoms with Gasteiger partial charge in [-0.15, -0.1) is 0 Å². The van der Waals surface area contributed by atoms with Crippen LogP contribution in [0.5, 0.6) is 0 Å². The van der Waals surface area contributed by atoms with Crippen molar-refractivity contribution in [2.75, 3.05) is 17.2 Å². The molecule has 0 amide bonds. The van der Waals surface area contributed by atoms with Crippen molar-refractivity contribution in [1.29, 1.82) is 0 Å². The van der Waals surface area contributed by atoms with Crippen LogP contribution in [-0.2, 0) is 0 Å². The van der Waals surface area contributed by atoms with Gasteiger partial charge in [0.25, 0.3) is 0 Å². The molecule has 0 aliphatic carbocycles. The van der Waals surface area contributed by atoms with Crippen molar-refractivity contribution >= 4 is 17.7 Å². The molecular weight excluding hydrogens is 182 g/mol. The number of nitrogens with two attached hydrogens (primary N) is 1. The van der Waals surface area contributed by atoms with Gasteiger partial charge in [0.15, 0.2) is 0 Å². The minimum atomic E-state index is 0.436. The van der Waals surface area contributed by atoms with Crippen molar-refractivity contribution in [3.05, 3.63) is 11.9 Å². The van der Waals surface area contributed by atoms with Crippen molar-refractivity contribution in [2.24, 2.45) is 0 Å². The van der Waals surface area contributed by atoms with Gasteiger partial charge in [0.2, 0.25) is 5.95 Å². The molecule has 3 nitrogen and oxygen atoms in total. The Morgan fingerprint density at radius 1 is 1.69 bits per heavy atom. The van der Waals surface area contributed by atoms with E-state index in [1.807, 2.05) is 29.4 Å². The normalized spacial score (nSPS) is 13.2. The lowest BCUT2D eigenvalue weighted by Gasteiger charge is -2.13. The van der Waals surface area contributed by atoms with E-state index in [9.17, 15) is 0 Å². The van der Waals surface area contributed by atoms with E-state index >= 15 is 0 Å². The highest BCUT2D eigenvalue weighted by Gasteiger charge is 2.08. The molecule has 13 heavy (non-hydrogen) atoms. The Morgan fingerprint density at radius 3 is 2.85 bits per heavy atom. The topological polar surface area (TPSA) is 43.8 Å². The van der Waals surface area contributed by atoms with Crippen molar-refractivity contribution in [3.63, 3.8) is 0 Å². The Hall–Kier alpha value is -0.640. The van der Waals surface area contributed by atoms with E-state index in [2.05, 4.69) is 18.8 Å². The highest BCUT2D eigenvalue weighted by atomic mass is 32.2. The molecule has 1 atom stereocenters. The molecule has 1 aromatic rings. The van der Waals surface area contributed by atoms with E-state index in [-0.39, 0.29) is 0 Å². The molecule has 0 aliphatic rings. The Morgan fingerprint density at radius 2 is 2.38 bits per heavy atom. The third kappa shape index (κ3) is 2.66. The standard InChI is InChI=1S/C9H17N3S/c1-4-13-6-8(3)12-5-7(2)11-9(12)10/h5,8H,4,6H2,1-3H3,(H2,10,11). The third-order valence-corrected chi connectivity index (χ3v) is 3.05. The molecule has 0 fully saturated rings. The predicted octanol–water partition coefficient (Wildman–Crippen LogP) is 2.09. The van der Waals surface area contributed by atoms with Crippen molar-refractivity contribution in [2.45, 2.75) is 26.8 Å². The number of aromatic nitrogens is 2. The maximum atomic E-state index is 5.76. The van der Waals surface area contributed by atoms with Crippen molar-refractivity contribution in [3.8, 4) is 0 Å². The summed E-state index contributed by atoms with van der Waals surface area (Å²) in [6.45, 7) is 6.30. The SMILES string of the molecule is CCSCC(C)n1cc(C)nc1N. The molecule has 0 aromatic carbocycles. The molecule has 4 heteroatoms. The number of nitrogens with zero attached hydrogens (tertiary/aromatic N) is 2. The third-order valence-electron chi connectivity index (χ3n) is 1.92. The minimum Gasteiger partial charge on any atom is -0.369 e. The lowest BCUT2D eigenvalue weighted by molar-refractivity contribution is 0.618. The summed E-state index contributed by atoms with van der Waals surface area (Å²) in [7, 11) is 0. The number of hydrogen-bond donors (Lipinski definition) is 1. The molecule has 0 spiro atoms. The second-order valence-corrected chi connectivity index (χ2v) is 4.48. The van der Waals surface area contributed by atoms with E-state index in [1.165, 1.54) is 0 Å². The summed E-state index contributed by atoms with van der Waals surface area (Å²) in [4.78, 5) is 4.17. The number of imidazole rings is 1. The molecule has 1 unspecified atom stereocenters. The van der Waals surface area contributed by atoms with Crippen LogP contribution in [0, 0.1) is 6.92 Å². The zero-order valence-electron chi connectivity index (χ0n) is 8.45. The van der Waals surface area contributed by atoms with Gasteiger partial charge in [-0.25, -0.2) is 4.98 Å². The van der Waals surface area contributed by atoms with E-state index < -0.39 is 0 Å². The number of aryl methyl sites for hydroxylation is 1. The van der Waals surface area contributed by atoms with Gasteiger partial charge >= 0.3 is 0 Å². The first-order chi connectivity index (χ1) is 6.15. The molecule has 74 valence electrons. The number of anilines is 1. The van der Waals surface area contributed by atoms with E-state index in [0.29, 0.717) is 12.0 Å². The van der Waals surface area contributed by atoms with Crippen LogP contribution in [0.15, 0.2) is 6.20 Å². The van der Waals surface area contributed by atoms with Gasteiger partial charge in [-0.1, -0.05) is 6.92 Å². The number of rotatable bonds is 4. The fourth-order valence-corrected chi connectivity index (χ4v) is 1.99. The van der Waals surface area contributed by atoms with Crippen LogP contribution in [0.1, 0.15) is 25.6 Å². The first-order valence-electron chi connectivity index (χ1n) is 4.53. The predicted molar refractivity (Wildman–Crippen MR) is 59.1 cm³/mol. The van der Waals surface area contributed by atoms with Gasteiger partial charge in [-0.2, -0.15) is 11.8 Å². The average Bonchev–Trinajstić information content (AvgIpc) is 2.41. The molecule has 0 saturated heterocycles. The minimum absolute atomic E-state index is 0.436. The Labute approximate surface area is 83.7 Å². The zero-order valence-corrected chi connectivity index (χ0v) is 9.27. The monoisotopic (exact) mass is 199 g/mol. The highest BCUT2D eigenvalue weighted by Crippen LogP contribution is 2.17. The van der Waals surface area contributed by atoms with Crippen LogP contribution in [0.4, 0.5) is 5.95 Å². The van der Waals surface area contributed by atoms with Gasteiger partial charge in [0.05, 0.1) is 5.69 Å². The Bertz CT molecular complexity index is 270. The lowest BCUT2D eigenvalue weighted by atomic mass is 10.4.